The zero-order chi connectivity index (χ0) is 19.9. The van der Waals surface area contributed by atoms with E-state index in [4.69, 9.17) is 4.99 Å². The summed E-state index contributed by atoms with van der Waals surface area (Å²) in [6.07, 6.45) is 8.43. The van der Waals surface area contributed by atoms with Crippen molar-refractivity contribution in [3.05, 3.63) is 78.4 Å². The first kappa shape index (κ1) is 18.7. The van der Waals surface area contributed by atoms with Crippen LogP contribution in [0.5, 0.6) is 0 Å². The van der Waals surface area contributed by atoms with Crippen molar-refractivity contribution in [3.8, 4) is 5.82 Å². The number of para-hydroxylation sites is 1. The molecule has 0 unspecified atom stereocenters. The summed E-state index contributed by atoms with van der Waals surface area (Å²) in [5, 5.41) is 12.2. The molecule has 0 aliphatic carbocycles. The number of nitrogens with one attached hydrogen (secondary N) is 3. The number of hydrogen-bond donors (Lipinski definition) is 3. The lowest BCUT2D eigenvalue weighted by atomic mass is 10.1. The Labute approximate surface area is 169 Å². The monoisotopic (exact) mass is 387 g/mol. The highest BCUT2D eigenvalue weighted by Crippen LogP contribution is 2.17. The highest BCUT2D eigenvalue weighted by molar-refractivity contribution is 5.83. The summed E-state index contributed by atoms with van der Waals surface area (Å²) in [5.74, 6) is 1.60. The number of aromatic amines is 1. The highest BCUT2D eigenvalue weighted by atomic mass is 15.3. The second kappa shape index (κ2) is 9.05. The van der Waals surface area contributed by atoms with Crippen molar-refractivity contribution in [3.63, 3.8) is 0 Å². The predicted octanol–water partition coefficient (Wildman–Crippen LogP) is 3.05. The molecule has 0 aliphatic heterocycles. The number of aromatic nitrogens is 4. The van der Waals surface area contributed by atoms with Crippen molar-refractivity contribution in [2.75, 3.05) is 13.1 Å². The number of benzene rings is 1. The standard InChI is InChI=1S/C22H25N7/c1-2-23-22(25-12-9-18-16-26-20-7-4-3-6-19(18)20)27-15-17-8-11-24-21(14-17)29-13-5-10-28-29/h3-8,10-11,13-14,16,26H,2,9,12,15H2,1H3,(H2,23,25,27). The van der Waals surface area contributed by atoms with Crippen LogP contribution < -0.4 is 10.6 Å². The number of fused-ring (bicyclic) bond motifs is 1. The van der Waals surface area contributed by atoms with E-state index in [-0.39, 0.29) is 0 Å². The average molecular weight is 387 g/mol. The third-order valence-corrected chi connectivity index (χ3v) is 4.67. The highest BCUT2D eigenvalue weighted by Gasteiger charge is 2.04. The van der Waals surface area contributed by atoms with E-state index in [0.29, 0.717) is 6.54 Å². The maximum Gasteiger partial charge on any atom is 0.191 e. The summed E-state index contributed by atoms with van der Waals surface area (Å²) in [7, 11) is 0. The van der Waals surface area contributed by atoms with Gasteiger partial charge < -0.3 is 15.6 Å². The third kappa shape index (κ3) is 4.63. The maximum absolute atomic E-state index is 4.72. The molecule has 4 aromatic rings. The van der Waals surface area contributed by atoms with Crippen LogP contribution in [0.2, 0.25) is 0 Å². The molecule has 0 spiro atoms. The molecule has 0 radical (unpaired) electrons. The van der Waals surface area contributed by atoms with Gasteiger partial charge in [0.2, 0.25) is 0 Å². The molecule has 0 aliphatic rings. The van der Waals surface area contributed by atoms with Crippen LogP contribution >= 0.6 is 0 Å². The smallest absolute Gasteiger partial charge is 0.191 e. The Bertz CT molecular complexity index is 1080. The molecule has 148 valence electrons. The van der Waals surface area contributed by atoms with Crippen LogP contribution in [0.1, 0.15) is 18.1 Å². The van der Waals surface area contributed by atoms with Crippen molar-refractivity contribution in [1.29, 1.82) is 0 Å². The molecule has 0 saturated carbocycles. The zero-order valence-corrected chi connectivity index (χ0v) is 16.5. The van der Waals surface area contributed by atoms with Gasteiger partial charge in [-0.15, -0.1) is 0 Å². The molecule has 1 aromatic carbocycles. The van der Waals surface area contributed by atoms with Crippen LogP contribution in [0.4, 0.5) is 0 Å². The van der Waals surface area contributed by atoms with Crippen LogP contribution in [0.15, 0.2) is 72.2 Å². The minimum absolute atomic E-state index is 0.569. The average Bonchev–Trinajstić information content (AvgIpc) is 3.43. The van der Waals surface area contributed by atoms with E-state index in [1.165, 1.54) is 16.5 Å². The van der Waals surface area contributed by atoms with Gasteiger partial charge in [-0.05, 0) is 48.7 Å². The molecule has 0 bridgehead atoms. The van der Waals surface area contributed by atoms with Crippen LogP contribution in [-0.4, -0.2) is 38.8 Å². The van der Waals surface area contributed by atoms with Gasteiger partial charge in [0.1, 0.15) is 0 Å². The van der Waals surface area contributed by atoms with Crippen LogP contribution in [0.25, 0.3) is 16.7 Å². The lowest BCUT2D eigenvalue weighted by Gasteiger charge is -2.11. The number of nitrogens with zero attached hydrogens (tertiary/aromatic N) is 4. The molecule has 3 aromatic heterocycles. The number of hydrogen-bond acceptors (Lipinski definition) is 3. The lowest BCUT2D eigenvalue weighted by molar-refractivity contribution is 0.800. The summed E-state index contributed by atoms with van der Waals surface area (Å²) in [6.45, 7) is 4.26. The van der Waals surface area contributed by atoms with Crippen molar-refractivity contribution in [2.45, 2.75) is 19.9 Å². The van der Waals surface area contributed by atoms with E-state index in [2.05, 4.69) is 57.0 Å². The molecule has 7 heteroatoms. The fourth-order valence-electron chi connectivity index (χ4n) is 3.25. The van der Waals surface area contributed by atoms with Gasteiger partial charge in [-0.25, -0.2) is 14.7 Å². The van der Waals surface area contributed by atoms with Gasteiger partial charge in [0, 0.05) is 48.8 Å². The molecule has 3 heterocycles. The Hall–Kier alpha value is -3.61. The van der Waals surface area contributed by atoms with Crippen molar-refractivity contribution >= 4 is 16.9 Å². The van der Waals surface area contributed by atoms with E-state index >= 15 is 0 Å². The van der Waals surface area contributed by atoms with E-state index in [9.17, 15) is 0 Å². The van der Waals surface area contributed by atoms with Gasteiger partial charge in [-0.1, -0.05) is 18.2 Å². The van der Waals surface area contributed by atoms with E-state index in [1.54, 1.807) is 17.1 Å². The SMILES string of the molecule is CCNC(=NCc1ccnc(-n2cccn2)c1)NCCc1c[nH]c2ccccc12. The van der Waals surface area contributed by atoms with Gasteiger partial charge >= 0.3 is 0 Å². The molecule has 0 saturated heterocycles. The first-order chi connectivity index (χ1) is 14.3. The summed E-state index contributed by atoms with van der Waals surface area (Å²) in [4.78, 5) is 12.4. The van der Waals surface area contributed by atoms with E-state index in [0.717, 1.165) is 36.9 Å². The second-order valence-electron chi connectivity index (χ2n) is 6.70. The summed E-state index contributed by atoms with van der Waals surface area (Å²) in [5.41, 5.74) is 3.56. The van der Waals surface area contributed by atoms with Gasteiger partial charge in [0.15, 0.2) is 11.8 Å². The van der Waals surface area contributed by atoms with Gasteiger partial charge in [0.25, 0.3) is 0 Å². The van der Waals surface area contributed by atoms with Gasteiger partial charge in [0.05, 0.1) is 6.54 Å². The van der Waals surface area contributed by atoms with Crippen LogP contribution in [-0.2, 0) is 13.0 Å². The minimum Gasteiger partial charge on any atom is -0.361 e. The number of H-pyrrole nitrogens is 1. The predicted molar refractivity (Wildman–Crippen MR) is 116 cm³/mol. The topological polar surface area (TPSA) is 82.9 Å². The number of pyridine rings is 1. The van der Waals surface area contributed by atoms with E-state index in [1.807, 2.05) is 30.5 Å². The maximum atomic E-state index is 4.72. The molecule has 0 fully saturated rings. The van der Waals surface area contributed by atoms with Crippen LogP contribution in [0.3, 0.4) is 0 Å². The summed E-state index contributed by atoms with van der Waals surface area (Å²) < 4.78 is 1.75. The van der Waals surface area contributed by atoms with Gasteiger partial charge in [-0.3, -0.25) is 0 Å². The Morgan fingerprint density at radius 1 is 1.14 bits per heavy atom. The van der Waals surface area contributed by atoms with Crippen LogP contribution in [0, 0.1) is 0 Å². The van der Waals surface area contributed by atoms with Crippen molar-refractivity contribution in [2.24, 2.45) is 4.99 Å². The number of rotatable bonds is 7. The van der Waals surface area contributed by atoms with Crippen molar-refractivity contribution in [1.82, 2.24) is 30.4 Å². The largest absolute Gasteiger partial charge is 0.361 e. The molecule has 3 N–H and O–H groups in total. The molecule has 0 atom stereocenters. The molecule has 29 heavy (non-hydrogen) atoms. The number of aliphatic imine (C=N–C) groups is 1. The molecule has 4 rings (SSSR count). The fourth-order valence-corrected chi connectivity index (χ4v) is 3.25. The third-order valence-electron chi connectivity index (χ3n) is 4.67. The van der Waals surface area contributed by atoms with Gasteiger partial charge in [-0.2, -0.15) is 5.10 Å². The Balaban J connectivity index is 1.38. The number of guanidine groups is 1. The Morgan fingerprint density at radius 3 is 2.93 bits per heavy atom. The summed E-state index contributed by atoms with van der Waals surface area (Å²) in [6, 6.07) is 14.2. The minimum atomic E-state index is 0.569. The van der Waals surface area contributed by atoms with Crippen molar-refractivity contribution < 1.29 is 0 Å². The quantitative estimate of drug-likeness (QED) is 0.336. The normalized spacial score (nSPS) is 11.7. The Morgan fingerprint density at radius 2 is 2.07 bits per heavy atom. The Kier molecular flexibility index (Phi) is 5.85. The second-order valence-corrected chi connectivity index (χ2v) is 6.70. The first-order valence-corrected chi connectivity index (χ1v) is 9.85. The lowest BCUT2D eigenvalue weighted by Crippen LogP contribution is -2.38. The molecule has 7 nitrogen and oxygen atoms in total. The fraction of sp³-hybridized carbons (Fsp3) is 0.227. The molecule has 0 amide bonds. The first-order valence-electron chi connectivity index (χ1n) is 9.85. The summed E-state index contributed by atoms with van der Waals surface area (Å²) >= 11 is 0. The van der Waals surface area contributed by atoms with E-state index < -0.39 is 0 Å². The zero-order valence-electron chi connectivity index (χ0n) is 16.5. The molecular weight excluding hydrogens is 362 g/mol. The molecular formula is C22H25N7.